The molecule has 9 aromatic carbocycles. The van der Waals surface area contributed by atoms with E-state index >= 15 is 0 Å². The third-order valence-corrected chi connectivity index (χ3v) is 12.8. The Kier molecular flexibility index (Phi) is 10.9. The van der Waals surface area contributed by atoms with Gasteiger partial charge in [-0.2, -0.15) is 0 Å². The number of para-hydroxylation sites is 9. The Hall–Kier alpha value is -7.19. The van der Waals surface area contributed by atoms with E-state index < -0.39 is 7.92 Å². The van der Waals surface area contributed by atoms with Gasteiger partial charge >= 0.3 is 0 Å². The molecule has 0 radical (unpaired) electrons. The topological polar surface area (TPSA) is 9.72 Å². The molecule has 3 nitrogen and oxygen atoms in total. The SMILES string of the molecule is c1ccc(N(c2ccccc2)c2ccccc2P(c2ccccc2N(c2ccccc2)c2ccccc2)c2ccccc2N(c2ccccc2)c2ccccc2)cc1. The molecular weight excluding hydrogens is 722 g/mol. The second-order valence-corrected chi connectivity index (χ2v) is 15.9. The summed E-state index contributed by atoms with van der Waals surface area (Å²) in [7, 11) is -1.27. The molecule has 0 aromatic heterocycles. The largest absolute Gasteiger partial charge is 0.310 e. The summed E-state index contributed by atoms with van der Waals surface area (Å²) in [4.78, 5) is 7.23. The molecule has 0 atom stereocenters. The Balaban J connectivity index is 1.36. The summed E-state index contributed by atoms with van der Waals surface area (Å²) < 4.78 is 0. The predicted molar refractivity (Wildman–Crippen MR) is 249 cm³/mol. The molecule has 0 heterocycles. The van der Waals surface area contributed by atoms with Crippen LogP contribution in [-0.2, 0) is 0 Å². The van der Waals surface area contributed by atoms with E-state index in [1.807, 2.05) is 0 Å². The van der Waals surface area contributed by atoms with Crippen molar-refractivity contribution < 1.29 is 0 Å². The Bertz CT molecular complexity index is 2260. The first-order valence-electron chi connectivity index (χ1n) is 19.6. The summed E-state index contributed by atoms with van der Waals surface area (Å²) in [6, 6.07) is 91.4. The molecule has 278 valence electrons. The molecule has 0 saturated carbocycles. The Morgan fingerprint density at radius 2 is 0.362 bits per heavy atom. The monoisotopic (exact) mass is 763 g/mol. The van der Waals surface area contributed by atoms with Crippen molar-refractivity contribution in [2.75, 3.05) is 14.7 Å². The fourth-order valence-electron chi connectivity index (χ4n) is 7.66. The van der Waals surface area contributed by atoms with E-state index in [1.165, 1.54) is 15.9 Å². The van der Waals surface area contributed by atoms with Crippen LogP contribution in [0.25, 0.3) is 0 Å². The molecule has 9 rings (SSSR count). The molecule has 0 aliphatic carbocycles. The van der Waals surface area contributed by atoms with Gasteiger partial charge in [0.2, 0.25) is 0 Å². The van der Waals surface area contributed by atoms with Gasteiger partial charge in [0.05, 0.1) is 17.1 Å². The summed E-state index contributed by atoms with van der Waals surface area (Å²) in [5.74, 6) is 0. The zero-order valence-electron chi connectivity index (χ0n) is 32.0. The second-order valence-electron chi connectivity index (χ2n) is 13.8. The lowest BCUT2D eigenvalue weighted by atomic mass is 10.2. The number of nitrogens with zero attached hydrogens (tertiary/aromatic N) is 3. The van der Waals surface area contributed by atoms with Gasteiger partial charge in [-0.25, -0.2) is 0 Å². The summed E-state index contributed by atoms with van der Waals surface area (Å²) >= 11 is 0. The van der Waals surface area contributed by atoms with Gasteiger partial charge in [-0.1, -0.05) is 164 Å². The summed E-state index contributed by atoms with van der Waals surface area (Å²) in [5.41, 5.74) is 10.00. The highest BCUT2D eigenvalue weighted by Crippen LogP contribution is 2.48. The average molecular weight is 764 g/mol. The third-order valence-electron chi connectivity index (χ3n) is 10.2. The van der Waals surface area contributed by atoms with E-state index in [1.54, 1.807) is 0 Å². The van der Waals surface area contributed by atoms with Gasteiger partial charge in [-0.15, -0.1) is 0 Å². The number of hydrogen-bond donors (Lipinski definition) is 0. The van der Waals surface area contributed by atoms with Crippen LogP contribution in [-0.4, -0.2) is 0 Å². The van der Waals surface area contributed by atoms with Crippen LogP contribution in [0.15, 0.2) is 255 Å². The van der Waals surface area contributed by atoms with Gasteiger partial charge in [-0.3, -0.25) is 0 Å². The molecule has 0 aliphatic heterocycles. The molecule has 0 bridgehead atoms. The number of hydrogen-bond acceptors (Lipinski definition) is 3. The van der Waals surface area contributed by atoms with Crippen LogP contribution in [0.1, 0.15) is 0 Å². The van der Waals surface area contributed by atoms with Gasteiger partial charge in [0.15, 0.2) is 0 Å². The highest BCUT2D eigenvalue weighted by Gasteiger charge is 2.31. The Labute approximate surface area is 343 Å². The van der Waals surface area contributed by atoms with Crippen LogP contribution < -0.4 is 30.6 Å². The fourth-order valence-corrected chi connectivity index (χ4v) is 10.4. The van der Waals surface area contributed by atoms with E-state index in [0.717, 1.165) is 51.2 Å². The highest BCUT2D eigenvalue weighted by molar-refractivity contribution is 7.80. The molecule has 0 spiro atoms. The summed E-state index contributed by atoms with van der Waals surface area (Å²) in [6.45, 7) is 0. The quantitative estimate of drug-likeness (QED) is 0.115. The van der Waals surface area contributed by atoms with Crippen molar-refractivity contribution in [1.29, 1.82) is 0 Å². The molecule has 0 aliphatic rings. The molecule has 4 heteroatoms. The van der Waals surface area contributed by atoms with Crippen molar-refractivity contribution in [3.8, 4) is 0 Å². The van der Waals surface area contributed by atoms with E-state index in [4.69, 9.17) is 0 Å². The highest BCUT2D eigenvalue weighted by atomic mass is 31.1. The minimum Gasteiger partial charge on any atom is -0.310 e. The third kappa shape index (κ3) is 7.52. The van der Waals surface area contributed by atoms with E-state index in [0.29, 0.717) is 0 Å². The van der Waals surface area contributed by atoms with Crippen LogP contribution in [0.5, 0.6) is 0 Å². The van der Waals surface area contributed by atoms with E-state index in [2.05, 4.69) is 269 Å². The molecule has 0 amide bonds. The van der Waals surface area contributed by atoms with Crippen LogP contribution in [0.3, 0.4) is 0 Å². The van der Waals surface area contributed by atoms with Gasteiger partial charge in [0.25, 0.3) is 0 Å². The minimum absolute atomic E-state index is 1.10. The molecule has 0 saturated heterocycles. The zero-order valence-corrected chi connectivity index (χ0v) is 32.9. The van der Waals surface area contributed by atoms with Crippen molar-refractivity contribution in [3.05, 3.63) is 255 Å². The summed E-state index contributed by atoms with van der Waals surface area (Å²) in [5, 5.41) is 3.73. The van der Waals surface area contributed by atoms with E-state index in [-0.39, 0.29) is 0 Å². The Morgan fingerprint density at radius 1 is 0.190 bits per heavy atom. The first-order valence-corrected chi connectivity index (χ1v) is 21.0. The van der Waals surface area contributed by atoms with Gasteiger partial charge in [0.1, 0.15) is 0 Å². The number of rotatable bonds is 12. The molecule has 58 heavy (non-hydrogen) atoms. The normalized spacial score (nSPS) is 10.9. The van der Waals surface area contributed by atoms with Crippen molar-refractivity contribution >= 4 is 75.0 Å². The molecule has 9 aromatic rings. The molecule has 0 fully saturated rings. The lowest BCUT2D eigenvalue weighted by Crippen LogP contribution is -2.30. The lowest BCUT2D eigenvalue weighted by molar-refractivity contribution is 1.29. The standard InChI is InChI=1S/C54H42N3P/c1-7-25-43(26-8-1)55(44-27-9-2-10-28-44)49-37-19-22-40-52(49)58(53-41-23-20-38-50(53)56(45-29-11-3-12-30-45)46-31-13-4-14-32-46)54-42-24-21-39-51(54)57(47-33-15-5-16-34-47)48-35-17-6-18-36-48/h1-42H. The van der Waals surface area contributed by atoms with Crippen LogP contribution >= 0.6 is 7.92 Å². The predicted octanol–water partition coefficient (Wildman–Crippen LogP) is 13.9. The van der Waals surface area contributed by atoms with Crippen molar-refractivity contribution in [2.24, 2.45) is 0 Å². The lowest BCUT2D eigenvalue weighted by Gasteiger charge is -2.35. The van der Waals surface area contributed by atoms with Gasteiger partial charge < -0.3 is 14.7 Å². The molecular formula is C54H42N3P. The maximum absolute atomic E-state index is 2.41. The maximum Gasteiger partial charge on any atom is 0.0545 e. The number of benzene rings is 9. The van der Waals surface area contributed by atoms with Gasteiger partial charge in [-0.05, 0) is 98.9 Å². The maximum atomic E-state index is 2.41. The van der Waals surface area contributed by atoms with Crippen LogP contribution in [0, 0.1) is 0 Å². The first-order chi connectivity index (χ1) is 28.8. The second kappa shape index (κ2) is 17.3. The molecule has 0 N–H and O–H groups in total. The fraction of sp³-hybridized carbons (Fsp3) is 0. The zero-order chi connectivity index (χ0) is 38.9. The van der Waals surface area contributed by atoms with Crippen molar-refractivity contribution in [3.63, 3.8) is 0 Å². The minimum atomic E-state index is -1.27. The van der Waals surface area contributed by atoms with Crippen LogP contribution in [0.2, 0.25) is 0 Å². The summed E-state index contributed by atoms with van der Waals surface area (Å²) in [6.07, 6.45) is 0. The van der Waals surface area contributed by atoms with Gasteiger partial charge in [0, 0.05) is 50.0 Å². The van der Waals surface area contributed by atoms with Crippen molar-refractivity contribution in [1.82, 2.24) is 0 Å². The first kappa shape index (κ1) is 36.4. The Morgan fingerprint density at radius 3 is 0.569 bits per heavy atom. The molecule has 0 unspecified atom stereocenters. The number of anilines is 9. The van der Waals surface area contributed by atoms with Crippen LogP contribution in [0.4, 0.5) is 51.2 Å². The van der Waals surface area contributed by atoms with E-state index in [9.17, 15) is 0 Å². The smallest absolute Gasteiger partial charge is 0.0545 e. The van der Waals surface area contributed by atoms with Crippen molar-refractivity contribution in [2.45, 2.75) is 0 Å². The average Bonchev–Trinajstić information content (AvgIpc) is 3.30.